The zero-order chi connectivity index (χ0) is 18.4. The Kier molecular flexibility index (Phi) is 6.17. The third kappa shape index (κ3) is 4.59. The second kappa shape index (κ2) is 8.33. The fraction of sp³-hybridized carbons (Fsp3) is 0.300. The summed E-state index contributed by atoms with van der Waals surface area (Å²) in [7, 11) is 0. The van der Waals surface area contributed by atoms with Gasteiger partial charge in [0.2, 0.25) is 6.04 Å². The van der Waals surface area contributed by atoms with Crippen molar-refractivity contribution in [1.82, 2.24) is 0 Å². The van der Waals surface area contributed by atoms with Crippen molar-refractivity contribution in [2.24, 2.45) is 5.92 Å². The maximum absolute atomic E-state index is 12.1. The lowest BCUT2D eigenvalue weighted by atomic mass is 9.75. The summed E-state index contributed by atoms with van der Waals surface area (Å²) >= 11 is 0. The number of carbonyl (C=O) groups is 2. The molecule has 0 heterocycles. The van der Waals surface area contributed by atoms with E-state index in [1.54, 1.807) is 30.3 Å². The Hall–Kier alpha value is -2.82. The maximum Gasteiger partial charge on any atom is 0.225 e. The van der Waals surface area contributed by atoms with Crippen LogP contribution in [0.25, 0.3) is 0 Å². The molecule has 2 aromatic carbocycles. The first kappa shape index (κ1) is 18.5. The van der Waals surface area contributed by atoms with E-state index in [0.29, 0.717) is 5.56 Å². The van der Waals surface area contributed by atoms with Gasteiger partial charge in [-0.2, -0.15) is 0 Å². The summed E-state index contributed by atoms with van der Waals surface area (Å²) in [5.41, 5.74) is 1.44. The molecule has 2 rings (SSSR count). The predicted octanol–water partition coefficient (Wildman–Crippen LogP) is 3.45. The Morgan fingerprint density at radius 2 is 1.40 bits per heavy atom. The van der Waals surface area contributed by atoms with Crippen LogP contribution in [-0.4, -0.2) is 22.5 Å². The fourth-order valence-corrected chi connectivity index (χ4v) is 3.29. The van der Waals surface area contributed by atoms with Gasteiger partial charge in [0.1, 0.15) is 11.6 Å². The molecule has 0 N–H and O–H groups in total. The SMILES string of the molecule is CC(=O)C(C(C)=O)[C@@H](c1ccccc1)[C@@H](Cc1ccccc1)[N+](=O)[O-]. The minimum absolute atomic E-state index is 0.157. The van der Waals surface area contributed by atoms with E-state index < -0.39 is 17.9 Å². The molecular weight excluding hydrogens is 318 g/mol. The summed E-state index contributed by atoms with van der Waals surface area (Å²) in [6, 6.07) is 16.8. The zero-order valence-electron chi connectivity index (χ0n) is 14.3. The lowest BCUT2D eigenvalue weighted by Crippen LogP contribution is -2.39. The van der Waals surface area contributed by atoms with Crippen molar-refractivity contribution < 1.29 is 14.5 Å². The highest BCUT2D eigenvalue weighted by Crippen LogP contribution is 2.33. The van der Waals surface area contributed by atoms with Crippen molar-refractivity contribution in [3.05, 3.63) is 81.9 Å². The number of Topliss-reactive ketones (excluding diaryl/α,β-unsaturated/α-hetero) is 2. The van der Waals surface area contributed by atoms with Crippen molar-refractivity contribution in [3.63, 3.8) is 0 Å². The normalized spacial score (nSPS) is 13.2. The van der Waals surface area contributed by atoms with E-state index in [4.69, 9.17) is 0 Å². The van der Waals surface area contributed by atoms with E-state index in [-0.39, 0.29) is 22.9 Å². The topological polar surface area (TPSA) is 77.3 Å². The molecule has 5 nitrogen and oxygen atoms in total. The van der Waals surface area contributed by atoms with Crippen LogP contribution >= 0.6 is 0 Å². The van der Waals surface area contributed by atoms with Gasteiger partial charge in [0, 0.05) is 11.3 Å². The number of hydrogen-bond donors (Lipinski definition) is 0. The Morgan fingerprint density at radius 3 is 1.84 bits per heavy atom. The minimum Gasteiger partial charge on any atom is -0.299 e. The lowest BCUT2D eigenvalue weighted by molar-refractivity contribution is -0.527. The summed E-state index contributed by atoms with van der Waals surface area (Å²) < 4.78 is 0. The maximum atomic E-state index is 12.1. The van der Waals surface area contributed by atoms with E-state index >= 15 is 0 Å². The molecule has 0 fully saturated rings. The van der Waals surface area contributed by atoms with Crippen LogP contribution in [0.4, 0.5) is 0 Å². The van der Waals surface area contributed by atoms with Crippen LogP contribution in [-0.2, 0) is 16.0 Å². The first-order chi connectivity index (χ1) is 11.9. The van der Waals surface area contributed by atoms with Crippen molar-refractivity contribution in [2.45, 2.75) is 32.2 Å². The summed E-state index contributed by atoms with van der Waals surface area (Å²) in [6.07, 6.45) is 0.157. The quantitative estimate of drug-likeness (QED) is 0.419. The van der Waals surface area contributed by atoms with E-state index in [0.717, 1.165) is 5.56 Å². The minimum atomic E-state index is -1.07. The number of benzene rings is 2. The van der Waals surface area contributed by atoms with Gasteiger partial charge in [-0.25, -0.2) is 0 Å². The zero-order valence-corrected chi connectivity index (χ0v) is 14.3. The fourth-order valence-electron chi connectivity index (χ4n) is 3.29. The van der Waals surface area contributed by atoms with Crippen LogP contribution < -0.4 is 0 Å². The van der Waals surface area contributed by atoms with Gasteiger partial charge < -0.3 is 0 Å². The van der Waals surface area contributed by atoms with Gasteiger partial charge in [-0.15, -0.1) is 0 Å². The largest absolute Gasteiger partial charge is 0.299 e. The molecule has 0 aromatic heterocycles. The molecule has 2 atom stereocenters. The highest BCUT2D eigenvalue weighted by atomic mass is 16.6. The van der Waals surface area contributed by atoms with Crippen LogP contribution in [0.15, 0.2) is 60.7 Å². The van der Waals surface area contributed by atoms with Crippen molar-refractivity contribution >= 4 is 11.6 Å². The monoisotopic (exact) mass is 339 g/mol. The van der Waals surface area contributed by atoms with E-state index in [1.165, 1.54) is 13.8 Å². The molecule has 0 amide bonds. The molecule has 2 aromatic rings. The molecule has 5 heteroatoms. The molecule has 0 saturated carbocycles. The summed E-state index contributed by atoms with van der Waals surface area (Å²) in [4.78, 5) is 35.8. The molecule has 130 valence electrons. The summed E-state index contributed by atoms with van der Waals surface area (Å²) in [5, 5.41) is 11.9. The standard InChI is InChI=1S/C20H21NO4/c1-14(22)19(15(2)23)20(17-11-7-4-8-12-17)18(21(24)25)13-16-9-5-3-6-10-16/h3-12,18-20H,13H2,1-2H3/t18-,20+/m1/s1. The Labute approximate surface area is 146 Å². The highest BCUT2D eigenvalue weighted by Gasteiger charge is 2.42. The summed E-state index contributed by atoms with van der Waals surface area (Å²) in [5.74, 6) is -2.52. The molecule has 25 heavy (non-hydrogen) atoms. The molecule has 0 aliphatic heterocycles. The highest BCUT2D eigenvalue weighted by molar-refractivity contribution is 6.01. The van der Waals surface area contributed by atoms with Crippen LogP contribution in [0.5, 0.6) is 0 Å². The van der Waals surface area contributed by atoms with Gasteiger partial charge in [-0.05, 0) is 25.0 Å². The van der Waals surface area contributed by atoms with Crippen LogP contribution in [0.3, 0.4) is 0 Å². The smallest absolute Gasteiger partial charge is 0.225 e. The van der Waals surface area contributed by atoms with E-state index in [2.05, 4.69) is 0 Å². The number of nitrogens with zero attached hydrogens (tertiary/aromatic N) is 1. The van der Waals surface area contributed by atoms with Gasteiger partial charge >= 0.3 is 0 Å². The van der Waals surface area contributed by atoms with Crippen molar-refractivity contribution in [3.8, 4) is 0 Å². The predicted molar refractivity (Wildman–Crippen MR) is 95.0 cm³/mol. The Morgan fingerprint density at radius 1 is 0.920 bits per heavy atom. The summed E-state index contributed by atoms with van der Waals surface area (Å²) in [6.45, 7) is 2.64. The van der Waals surface area contributed by atoms with Crippen molar-refractivity contribution in [1.29, 1.82) is 0 Å². The molecule has 0 aliphatic rings. The van der Waals surface area contributed by atoms with E-state index in [9.17, 15) is 19.7 Å². The number of ketones is 2. The lowest BCUT2D eigenvalue weighted by Gasteiger charge is -2.26. The number of carbonyl (C=O) groups excluding carboxylic acids is 2. The molecule has 0 aliphatic carbocycles. The first-order valence-corrected chi connectivity index (χ1v) is 8.15. The Bertz CT molecular complexity index is 729. The molecular formula is C20H21NO4. The first-order valence-electron chi connectivity index (χ1n) is 8.15. The molecule has 0 unspecified atom stereocenters. The van der Waals surface area contributed by atoms with Crippen LogP contribution in [0, 0.1) is 16.0 Å². The molecule has 0 radical (unpaired) electrons. The average molecular weight is 339 g/mol. The van der Waals surface area contributed by atoms with Gasteiger partial charge in [0.05, 0.1) is 11.8 Å². The third-order valence-corrected chi connectivity index (χ3v) is 4.39. The van der Waals surface area contributed by atoms with Gasteiger partial charge in [0.15, 0.2) is 0 Å². The average Bonchev–Trinajstić information content (AvgIpc) is 2.58. The second-order valence-electron chi connectivity index (χ2n) is 6.18. The van der Waals surface area contributed by atoms with E-state index in [1.807, 2.05) is 30.3 Å². The number of hydrogen-bond acceptors (Lipinski definition) is 4. The van der Waals surface area contributed by atoms with Gasteiger partial charge in [-0.1, -0.05) is 60.7 Å². The molecule has 0 bridgehead atoms. The Balaban J connectivity index is 2.52. The second-order valence-corrected chi connectivity index (χ2v) is 6.18. The van der Waals surface area contributed by atoms with Crippen LogP contribution in [0.2, 0.25) is 0 Å². The van der Waals surface area contributed by atoms with Gasteiger partial charge in [-0.3, -0.25) is 19.7 Å². The van der Waals surface area contributed by atoms with Crippen molar-refractivity contribution in [2.75, 3.05) is 0 Å². The third-order valence-electron chi connectivity index (χ3n) is 4.39. The number of rotatable bonds is 8. The molecule has 0 saturated heterocycles. The number of nitro groups is 1. The van der Waals surface area contributed by atoms with Gasteiger partial charge in [0.25, 0.3) is 0 Å². The molecule has 0 spiro atoms. The van der Waals surface area contributed by atoms with Crippen LogP contribution in [0.1, 0.15) is 30.9 Å².